The molecule has 9 aromatic rings. The van der Waals surface area contributed by atoms with Gasteiger partial charge in [0.25, 0.3) is 6.71 Å². The smallest absolute Gasteiger partial charge is 0.260 e. The van der Waals surface area contributed by atoms with E-state index in [1.165, 1.54) is 0 Å². The van der Waals surface area contributed by atoms with Gasteiger partial charge in [0.05, 0.1) is 17.1 Å². The van der Waals surface area contributed by atoms with Crippen molar-refractivity contribution in [2.45, 2.75) is 0 Å². The molecule has 0 bridgehead atoms. The van der Waals surface area contributed by atoms with Crippen molar-refractivity contribution in [3.63, 3.8) is 0 Å². The van der Waals surface area contributed by atoms with E-state index in [0.717, 1.165) is 100 Å². The highest BCUT2D eigenvalue weighted by Crippen LogP contribution is 2.50. The zero-order chi connectivity index (χ0) is 33.5. The number of rotatable bonds is 4. The van der Waals surface area contributed by atoms with Gasteiger partial charge < -0.3 is 18.8 Å². The van der Waals surface area contributed by atoms with Crippen LogP contribution in [-0.4, -0.2) is 6.71 Å². The van der Waals surface area contributed by atoms with Gasteiger partial charge >= 0.3 is 0 Å². The van der Waals surface area contributed by atoms with E-state index in [0.29, 0.717) is 0 Å². The summed E-state index contributed by atoms with van der Waals surface area (Å²) >= 11 is 0. The van der Waals surface area contributed by atoms with Crippen molar-refractivity contribution in [2.75, 3.05) is 4.90 Å². The second kappa shape index (κ2) is 10.9. The molecule has 0 amide bonds. The van der Waals surface area contributed by atoms with Gasteiger partial charge in [0, 0.05) is 39.3 Å². The van der Waals surface area contributed by atoms with Crippen molar-refractivity contribution in [1.29, 1.82) is 0 Å². The van der Waals surface area contributed by atoms with Gasteiger partial charge in [-0.1, -0.05) is 127 Å². The molecule has 8 aromatic carbocycles. The zero-order valence-electron chi connectivity index (χ0n) is 27.4. The predicted octanol–water partition coefficient (Wildman–Crippen LogP) is 10.6. The van der Waals surface area contributed by atoms with Crippen molar-refractivity contribution in [3.8, 4) is 34.1 Å². The summed E-state index contributed by atoms with van der Waals surface area (Å²) in [5.74, 6) is 3.28. The van der Waals surface area contributed by atoms with E-state index < -0.39 is 0 Å². The first kappa shape index (κ1) is 28.2. The summed E-state index contributed by atoms with van der Waals surface area (Å²) in [6.07, 6.45) is 0. The van der Waals surface area contributed by atoms with E-state index in [9.17, 15) is 0 Å². The number of ether oxygens (including phenoxy) is 2. The van der Waals surface area contributed by atoms with Crippen molar-refractivity contribution in [1.82, 2.24) is 0 Å². The number of para-hydroxylation sites is 3. The monoisotopic (exact) mass is 653 g/mol. The normalized spacial score (nSPS) is 12.6. The Morgan fingerprint density at radius 3 is 1.86 bits per heavy atom. The van der Waals surface area contributed by atoms with Gasteiger partial charge in [-0.3, -0.25) is 0 Å². The second-order valence-corrected chi connectivity index (χ2v) is 13.2. The van der Waals surface area contributed by atoms with Gasteiger partial charge in [-0.25, -0.2) is 0 Å². The Hall–Kier alpha value is -6.72. The lowest BCUT2D eigenvalue weighted by Crippen LogP contribution is -2.57. The Bertz CT molecular complexity index is 2770. The van der Waals surface area contributed by atoms with Crippen molar-refractivity contribution < 1.29 is 13.9 Å². The topological polar surface area (TPSA) is 34.8 Å². The highest BCUT2D eigenvalue weighted by molar-refractivity contribution is 6.98. The molecule has 0 saturated carbocycles. The van der Waals surface area contributed by atoms with Crippen LogP contribution in [0.1, 0.15) is 0 Å². The van der Waals surface area contributed by atoms with Gasteiger partial charge in [0.15, 0.2) is 5.58 Å². The number of anilines is 3. The fourth-order valence-corrected chi connectivity index (χ4v) is 8.15. The summed E-state index contributed by atoms with van der Waals surface area (Å²) < 4.78 is 20.5. The highest BCUT2D eigenvalue weighted by Gasteiger charge is 2.41. The highest BCUT2D eigenvalue weighted by atomic mass is 16.5. The fraction of sp³-hybridized carbons (Fsp3) is 0. The van der Waals surface area contributed by atoms with E-state index in [2.05, 4.69) is 150 Å². The Labute approximate surface area is 294 Å². The molecule has 0 radical (unpaired) electrons. The Morgan fingerprint density at radius 2 is 1.10 bits per heavy atom. The molecule has 1 aromatic heterocycles. The van der Waals surface area contributed by atoms with E-state index in [1.807, 2.05) is 24.3 Å². The molecule has 11 rings (SSSR count). The molecule has 2 aliphatic heterocycles. The number of hydrogen-bond donors (Lipinski definition) is 0. The molecule has 238 valence electrons. The minimum absolute atomic E-state index is 0.0105. The molecule has 0 aliphatic carbocycles. The van der Waals surface area contributed by atoms with Gasteiger partial charge in [0.1, 0.15) is 28.6 Å². The lowest BCUT2D eigenvalue weighted by atomic mass is 9.35. The van der Waals surface area contributed by atoms with Gasteiger partial charge in [-0.05, 0) is 52.2 Å². The molecule has 0 N–H and O–H groups in total. The standard InChI is InChI=1S/C46H28BNO3/c1-2-13-30(14-3-1)33-25-26-35-34-18-6-9-22-39(34)51-46(35)45(33)48(38-21-12-16-29-15-4-5-17-32(29)38)31-27-42-44-43(28-31)50-41-24-11-8-20-37(41)47(44)36-19-7-10-23-40(36)49-42/h1-28H. The quantitative estimate of drug-likeness (QED) is 0.177. The average molecular weight is 654 g/mol. The largest absolute Gasteiger partial charge is 0.458 e. The average Bonchev–Trinajstić information content (AvgIpc) is 3.57. The first-order valence-corrected chi connectivity index (χ1v) is 17.3. The molecule has 51 heavy (non-hydrogen) atoms. The third-order valence-corrected chi connectivity index (χ3v) is 10.4. The van der Waals surface area contributed by atoms with Crippen molar-refractivity contribution >= 4 is 72.9 Å². The molecule has 0 atom stereocenters. The van der Waals surface area contributed by atoms with Crippen LogP contribution in [0.25, 0.3) is 43.8 Å². The van der Waals surface area contributed by atoms with Crippen LogP contribution in [0.15, 0.2) is 174 Å². The van der Waals surface area contributed by atoms with Gasteiger partial charge in [-0.2, -0.15) is 0 Å². The third-order valence-electron chi connectivity index (χ3n) is 10.4. The molecule has 2 aliphatic rings. The summed E-state index contributed by atoms with van der Waals surface area (Å²) in [7, 11) is 0. The first-order chi connectivity index (χ1) is 25.3. The van der Waals surface area contributed by atoms with Crippen LogP contribution in [0.4, 0.5) is 17.1 Å². The summed E-state index contributed by atoms with van der Waals surface area (Å²) in [4.78, 5) is 2.34. The predicted molar refractivity (Wildman–Crippen MR) is 209 cm³/mol. The molecular weight excluding hydrogens is 625 g/mol. The van der Waals surface area contributed by atoms with Crippen LogP contribution in [0.3, 0.4) is 0 Å². The molecular formula is C46H28BNO3. The zero-order valence-corrected chi connectivity index (χ0v) is 27.4. The number of benzene rings is 8. The van der Waals surface area contributed by atoms with E-state index in [1.54, 1.807) is 0 Å². The Morgan fingerprint density at radius 1 is 0.471 bits per heavy atom. The van der Waals surface area contributed by atoms with Crippen LogP contribution in [-0.2, 0) is 0 Å². The molecule has 0 spiro atoms. The minimum atomic E-state index is -0.0105. The maximum Gasteiger partial charge on any atom is 0.260 e. The molecule has 0 fully saturated rings. The number of furan rings is 1. The molecule has 3 heterocycles. The first-order valence-electron chi connectivity index (χ1n) is 17.3. The van der Waals surface area contributed by atoms with E-state index in [4.69, 9.17) is 13.9 Å². The van der Waals surface area contributed by atoms with E-state index in [-0.39, 0.29) is 6.71 Å². The Kier molecular flexibility index (Phi) is 6.01. The maximum atomic E-state index is 6.87. The van der Waals surface area contributed by atoms with Crippen LogP contribution in [0.2, 0.25) is 0 Å². The summed E-state index contributed by atoms with van der Waals surface area (Å²) in [6.45, 7) is -0.0105. The van der Waals surface area contributed by atoms with Crippen LogP contribution in [0.5, 0.6) is 23.0 Å². The van der Waals surface area contributed by atoms with Crippen molar-refractivity contribution in [3.05, 3.63) is 170 Å². The summed E-state index contributed by atoms with van der Waals surface area (Å²) in [6, 6.07) is 59.3. The maximum absolute atomic E-state index is 6.87. The number of hydrogen-bond acceptors (Lipinski definition) is 4. The molecule has 5 heteroatoms. The third kappa shape index (κ3) is 4.22. The number of fused-ring (bicyclic) bond motifs is 8. The van der Waals surface area contributed by atoms with E-state index >= 15 is 0 Å². The van der Waals surface area contributed by atoms with Gasteiger partial charge in [-0.15, -0.1) is 0 Å². The van der Waals surface area contributed by atoms with Crippen LogP contribution in [0, 0.1) is 0 Å². The molecule has 4 nitrogen and oxygen atoms in total. The SMILES string of the molecule is c1ccc(-c2ccc3c(oc4ccccc43)c2N(c2cc3c4c(c2)Oc2ccccc2B4c2ccccc2O3)c2cccc3ccccc23)cc1. The Balaban J connectivity index is 1.26. The van der Waals surface area contributed by atoms with Crippen molar-refractivity contribution in [2.24, 2.45) is 0 Å². The number of nitrogens with zero attached hydrogens (tertiary/aromatic N) is 1. The second-order valence-electron chi connectivity index (χ2n) is 13.2. The summed E-state index contributed by atoms with van der Waals surface area (Å²) in [5.41, 5.74) is 10.00. The fourth-order valence-electron chi connectivity index (χ4n) is 8.15. The minimum Gasteiger partial charge on any atom is -0.458 e. The lowest BCUT2D eigenvalue weighted by Gasteiger charge is -2.35. The van der Waals surface area contributed by atoms with Gasteiger partial charge in [0.2, 0.25) is 0 Å². The lowest BCUT2D eigenvalue weighted by molar-refractivity contribution is 0.465. The molecule has 0 saturated heterocycles. The summed E-state index contributed by atoms with van der Waals surface area (Å²) in [5, 5.41) is 4.40. The molecule has 0 unspecified atom stereocenters. The van der Waals surface area contributed by atoms with Crippen LogP contribution < -0.4 is 30.8 Å². The van der Waals surface area contributed by atoms with Crippen LogP contribution >= 0.6 is 0 Å².